The maximum atomic E-state index is 11.0. The predicted molar refractivity (Wildman–Crippen MR) is 103 cm³/mol. The number of carboxylic acid groups (broad SMARTS) is 1. The molecule has 2 rings (SSSR count). The fraction of sp³-hybridized carbons (Fsp3) is 0.524. The van der Waals surface area contributed by atoms with E-state index in [9.17, 15) is 4.79 Å². The molecule has 0 saturated heterocycles. The number of aliphatic imine (C=N–C) groups is 1. The monoisotopic (exact) mass is 345 g/mol. The third-order valence-corrected chi connectivity index (χ3v) is 4.36. The quantitative estimate of drug-likeness (QED) is 0.519. The van der Waals surface area contributed by atoms with Gasteiger partial charge in [0, 0.05) is 23.4 Å². The van der Waals surface area contributed by atoms with Crippen molar-refractivity contribution in [1.29, 1.82) is 0 Å². The van der Waals surface area contributed by atoms with E-state index >= 15 is 0 Å². The lowest BCUT2D eigenvalue weighted by atomic mass is 9.91. The first-order valence-electron chi connectivity index (χ1n) is 9.05. The summed E-state index contributed by atoms with van der Waals surface area (Å²) in [6, 6.07) is 1.80. The van der Waals surface area contributed by atoms with Crippen LogP contribution < -0.4 is 0 Å². The number of hydrogen-bond donors (Lipinski definition) is 1. The Morgan fingerprint density at radius 1 is 1.44 bits per heavy atom. The second kappa shape index (κ2) is 11.5. The van der Waals surface area contributed by atoms with Gasteiger partial charge in [-0.1, -0.05) is 57.8 Å². The van der Waals surface area contributed by atoms with Crippen molar-refractivity contribution in [3.63, 3.8) is 0 Å². The van der Waals surface area contributed by atoms with Crippen LogP contribution in [0.15, 0.2) is 52.4 Å². The Hall–Kier alpha value is -2.10. The molecule has 25 heavy (non-hydrogen) atoms. The molecule has 1 saturated carbocycles. The summed E-state index contributed by atoms with van der Waals surface area (Å²) in [6.07, 6.45) is 14.3. The summed E-state index contributed by atoms with van der Waals surface area (Å²) < 4.78 is 4.96. The average molecular weight is 345 g/mol. The number of carbonyl (C=O) groups is 1. The molecule has 1 unspecified atom stereocenters. The Labute approximate surface area is 151 Å². The summed E-state index contributed by atoms with van der Waals surface area (Å²) in [7, 11) is 0. The van der Waals surface area contributed by atoms with E-state index in [1.165, 1.54) is 32.1 Å². The Balaban J connectivity index is 0.000000370. The lowest BCUT2D eigenvalue weighted by Gasteiger charge is -2.15. The van der Waals surface area contributed by atoms with E-state index in [1.54, 1.807) is 37.7 Å². The van der Waals surface area contributed by atoms with E-state index in [0.717, 1.165) is 17.2 Å². The van der Waals surface area contributed by atoms with Crippen LogP contribution in [0.5, 0.6) is 0 Å². The molecule has 1 aliphatic rings. The second-order valence-electron chi connectivity index (χ2n) is 6.69. The highest BCUT2D eigenvalue weighted by Crippen LogP contribution is 2.22. The zero-order valence-corrected chi connectivity index (χ0v) is 15.7. The minimum absolute atomic E-state index is 0.300. The number of allylic oxidation sites excluding steroid dienone is 2. The van der Waals surface area contributed by atoms with Crippen LogP contribution >= 0.6 is 0 Å². The van der Waals surface area contributed by atoms with Gasteiger partial charge < -0.3 is 9.52 Å². The van der Waals surface area contributed by atoms with Crippen molar-refractivity contribution in [2.24, 2.45) is 16.8 Å². The molecule has 1 aromatic rings. The number of nitrogens with zero attached hydrogens (tertiary/aromatic N) is 1. The maximum absolute atomic E-state index is 11.0. The molecule has 138 valence electrons. The van der Waals surface area contributed by atoms with Crippen LogP contribution in [0.3, 0.4) is 0 Å². The summed E-state index contributed by atoms with van der Waals surface area (Å²) >= 11 is 0. The van der Waals surface area contributed by atoms with Gasteiger partial charge in [-0.05, 0) is 25.8 Å². The summed E-state index contributed by atoms with van der Waals surface area (Å²) in [5, 5.41) is 9.02. The number of furan rings is 1. The largest absolute Gasteiger partial charge is 0.481 e. The second-order valence-corrected chi connectivity index (χ2v) is 6.69. The number of rotatable bonds is 6. The highest BCUT2D eigenvalue weighted by atomic mass is 16.4. The van der Waals surface area contributed by atoms with Crippen LogP contribution in [0.4, 0.5) is 0 Å². The van der Waals surface area contributed by atoms with E-state index in [-0.39, 0.29) is 0 Å². The highest BCUT2D eigenvalue weighted by Gasteiger charge is 2.14. The molecule has 1 heterocycles. The molecule has 1 aromatic heterocycles. The molecular formula is C21H31NO3. The van der Waals surface area contributed by atoms with Crippen molar-refractivity contribution < 1.29 is 14.3 Å². The predicted octanol–water partition coefficient (Wildman–Crippen LogP) is 5.86. The standard InChI is InChI=1S/C14H17NO3.C7H14/c1-4-5-12(14(16)17)8-10(2)15-11(3)13-6-7-18-9-13;1-7-5-3-2-4-6-7/h4-7,9,12H,2,8H2,1,3H3,(H,16,17);7H,2-6H2,1H3/b5-4-,15-11?;. The zero-order valence-electron chi connectivity index (χ0n) is 15.7. The van der Waals surface area contributed by atoms with Crippen molar-refractivity contribution >= 4 is 11.7 Å². The Morgan fingerprint density at radius 2 is 2.12 bits per heavy atom. The van der Waals surface area contributed by atoms with Crippen LogP contribution in [0.25, 0.3) is 0 Å². The third-order valence-electron chi connectivity index (χ3n) is 4.36. The van der Waals surface area contributed by atoms with Crippen molar-refractivity contribution in [2.75, 3.05) is 0 Å². The molecule has 1 fully saturated rings. The summed E-state index contributed by atoms with van der Waals surface area (Å²) in [5.41, 5.74) is 2.17. The highest BCUT2D eigenvalue weighted by molar-refractivity contribution is 5.98. The van der Waals surface area contributed by atoms with Crippen LogP contribution in [0.2, 0.25) is 0 Å². The molecule has 0 bridgehead atoms. The number of aliphatic carboxylic acids is 1. The van der Waals surface area contributed by atoms with Crippen LogP contribution in [0.1, 0.15) is 64.9 Å². The summed E-state index contributed by atoms with van der Waals surface area (Å²) in [5.74, 6) is -0.414. The van der Waals surface area contributed by atoms with Crippen LogP contribution in [0, 0.1) is 11.8 Å². The van der Waals surface area contributed by atoms with Gasteiger partial charge in [-0.25, -0.2) is 0 Å². The zero-order chi connectivity index (χ0) is 18.7. The molecule has 4 heteroatoms. The van der Waals surface area contributed by atoms with E-state index in [2.05, 4.69) is 18.5 Å². The number of carboxylic acids is 1. The normalized spacial score (nSPS) is 17.0. The molecule has 0 amide bonds. The summed E-state index contributed by atoms with van der Waals surface area (Å²) in [4.78, 5) is 15.3. The van der Waals surface area contributed by atoms with Gasteiger partial charge in [0.2, 0.25) is 0 Å². The molecule has 1 N–H and O–H groups in total. The lowest BCUT2D eigenvalue weighted by Crippen LogP contribution is -2.11. The van der Waals surface area contributed by atoms with Gasteiger partial charge in [-0.15, -0.1) is 0 Å². The van der Waals surface area contributed by atoms with Crippen LogP contribution in [-0.4, -0.2) is 16.8 Å². The molecule has 0 aliphatic heterocycles. The molecule has 4 nitrogen and oxygen atoms in total. The van der Waals surface area contributed by atoms with Gasteiger partial charge in [-0.3, -0.25) is 9.79 Å². The van der Waals surface area contributed by atoms with Crippen molar-refractivity contribution in [2.45, 2.75) is 59.3 Å². The smallest absolute Gasteiger partial charge is 0.310 e. The SMILES string of the molecule is C=C(CC(/C=C\C)C(=O)O)N=C(C)c1ccoc1.CC1CCCCC1. The fourth-order valence-corrected chi connectivity index (χ4v) is 2.85. The van der Waals surface area contributed by atoms with Crippen molar-refractivity contribution in [3.05, 3.63) is 48.6 Å². The van der Waals surface area contributed by atoms with E-state index in [4.69, 9.17) is 9.52 Å². The molecule has 0 aromatic carbocycles. The minimum atomic E-state index is -0.870. The molecule has 1 atom stereocenters. The minimum Gasteiger partial charge on any atom is -0.481 e. The first-order valence-corrected chi connectivity index (χ1v) is 9.05. The van der Waals surface area contributed by atoms with Crippen molar-refractivity contribution in [1.82, 2.24) is 0 Å². The van der Waals surface area contributed by atoms with Gasteiger partial charge in [0.25, 0.3) is 0 Å². The average Bonchev–Trinajstić information content (AvgIpc) is 3.10. The Kier molecular flexibility index (Phi) is 9.60. The van der Waals surface area contributed by atoms with E-state index in [1.807, 2.05) is 6.92 Å². The Bertz CT molecular complexity index is 578. The van der Waals surface area contributed by atoms with Gasteiger partial charge in [0.1, 0.15) is 0 Å². The van der Waals surface area contributed by atoms with Gasteiger partial charge in [-0.2, -0.15) is 0 Å². The van der Waals surface area contributed by atoms with Crippen LogP contribution in [-0.2, 0) is 4.79 Å². The van der Waals surface area contributed by atoms with Crippen molar-refractivity contribution in [3.8, 4) is 0 Å². The summed E-state index contributed by atoms with van der Waals surface area (Å²) in [6.45, 7) is 9.78. The van der Waals surface area contributed by atoms with E-state index in [0.29, 0.717) is 12.1 Å². The Morgan fingerprint density at radius 3 is 2.56 bits per heavy atom. The van der Waals surface area contributed by atoms with Gasteiger partial charge in [0.15, 0.2) is 0 Å². The fourth-order valence-electron chi connectivity index (χ4n) is 2.85. The van der Waals surface area contributed by atoms with Gasteiger partial charge in [0.05, 0.1) is 18.4 Å². The third kappa shape index (κ3) is 8.52. The lowest BCUT2D eigenvalue weighted by molar-refractivity contribution is -0.140. The molecule has 1 aliphatic carbocycles. The number of hydrogen-bond acceptors (Lipinski definition) is 3. The molecule has 0 spiro atoms. The topological polar surface area (TPSA) is 62.8 Å². The first kappa shape index (κ1) is 20.9. The van der Waals surface area contributed by atoms with E-state index < -0.39 is 11.9 Å². The van der Waals surface area contributed by atoms with Gasteiger partial charge >= 0.3 is 5.97 Å². The molecule has 0 radical (unpaired) electrons. The molecular weight excluding hydrogens is 314 g/mol. The maximum Gasteiger partial charge on any atom is 0.310 e. The first-order chi connectivity index (χ1) is 11.9.